The van der Waals surface area contributed by atoms with Crippen LogP contribution in [0.3, 0.4) is 0 Å². The van der Waals surface area contributed by atoms with Crippen LogP contribution in [0.25, 0.3) is 0 Å². The van der Waals surface area contributed by atoms with Crippen LogP contribution in [-0.2, 0) is 15.6 Å². The average molecular weight is 448 g/mol. The average Bonchev–Trinajstić information content (AvgIpc) is 3.20. The van der Waals surface area contributed by atoms with Gasteiger partial charge in [0.1, 0.15) is 5.75 Å². The van der Waals surface area contributed by atoms with Crippen LogP contribution in [-0.4, -0.2) is 23.2 Å². The smallest absolute Gasteiger partial charge is 0.226 e. The molecule has 0 bridgehead atoms. The molecule has 3 aromatic rings. The van der Waals surface area contributed by atoms with Gasteiger partial charge in [0.2, 0.25) is 5.91 Å². The molecule has 2 aromatic carbocycles. The molecule has 1 atom stereocenters. The first-order valence-electron chi connectivity index (χ1n) is 11.3. The second-order valence-electron chi connectivity index (χ2n) is 10.8. The van der Waals surface area contributed by atoms with Gasteiger partial charge in [0.05, 0.1) is 7.11 Å². The molecule has 1 aliphatic rings. The van der Waals surface area contributed by atoms with Gasteiger partial charge in [0.15, 0.2) is 17.3 Å². The van der Waals surface area contributed by atoms with Crippen LogP contribution in [0.2, 0.25) is 0 Å². The molecular weight excluding hydrogens is 414 g/mol. The van der Waals surface area contributed by atoms with Gasteiger partial charge in [0.25, 0.3) is 0 Å². The summed E-state index contributed by atoms with van der Waals surface area (Å²) in [4.78, 5) is 12.2. The van der Waals surface area contributed by atoms with Gasteiger partial charge in [-0.25, -0.2) is 0 Å². The Hall–Kier alpha value is -3.28. The number of hydrogen-bond acceptors (Lipinski definition) is 4. The summed E-state index contributed by atoms with van der Waals surface area (Å²) in [6.07, 6.45) is 2.20. The molecule has 33 heavy (non-hydrogen) atoms. The number of aromatic nitrogens is 2. The quantitative estimate of drug-likeness (QED) is 0.493. The van der Waals surface area contributed by atoms with E-state index >= 15 is 0 Å². The lowest BCUT2D eigenvalue weighted by Crippen LogP contribution is -2.23. The first kappa shape index (κ1) is 22.9. The number of amides is 1. The molecule has 1 amide bonds. The third-order valence-electron chi connectivity index (χ3n) is 6.15. The highest BCUT2D eigenvalue weighted by Gasteiger charge is 2.29. The fourth-order valence-electron chi connectivity index (χ4n) is 4.08. The van der Waals surface area contributed by atoms with Crippen LogP contribution in [0.15, 0.2) is 42.6 Å². The Balaban J connectivity index is 1.70. The molecule has 0 aliphatic carbocycles. The van der Waals surface area contributed by atoms with Crippen LogP contribution >= 0.6 is 0 Å². The minimum absolute atomic E-state index is 0.00281. The van der Waals surface area contributed by atoms with Crippen LogP contribution in [0.4, 0.5) is 5.82 Å². The molecule has 4 rings (SSSR count). The predicted molar refractivity (Wildman–Crippen MR) is 131 cm³/mol. The van der Waals surface area contributed by atoms with E-state index in [0.717, 1.165) is 16.9 Å². The van der Waals surface area contributed by atoms with E-state index in [4.69, 9.17) is 9.47 Å². The Morgan fingerprint density at radius 1 is 0.939 bits per heavy atom. The van der Waals surface area contributed by atoms with Gasteiger partial charge in [-0.2, -0.15) is 5.10 Å². The fourth-order valence-corrected chi connectivity index (χ4v) is 4.08. The second-order valence-corrected chi connectivity index (χ2v) is 10.8. The van der Waals surface area contributed by atoms with E-state index in [0.29, 0.717) is 23.7 Å². The zero-order valence-corrected chi connectivity index (χ0v) is 20.5. The van der Waals surface area contributed by atoms with Crippen molar-refractivity contribution in [3.8, 4) is 17.2 Å². The molecule has 0 saturated carbocycles. The van der Waals surface area contributed by atoms with Crippen molar-refractivity contribution >= 4 is 11.7 Å². The molecule has 1 unspecified atom stereocenters. The number of fused-ring (bicyclic) bond motifs is 1. The van der Waals surface area contributed by atoms with Gasteiger partial charge >= 0.3 is 0 Å². The van der Waals surface area contributed by atoms with Crippen molar-refractivity contribution in [2.24, 2.45) is 0 Å². The van der Waals surface area contributed by atoms with Gasteiger partial charge in [0, 0.05) is 24.1 Å². The lowest BCUT2D eigenvalue weighted by Gasteiger charge is -2.26. The number of aromatic amines is 1. The maximum atomic E-state index is 12.2. The van der Waals surface area contributed by atoms with Crippen molar-refractivity contribution < 1.29 is 14.3 Å². The molecule has 6 nitrogen and oxygen atoms in total. The molecule has 2 N–H and O–H groups in total. The number of rotatable bonds is 4. The van der Waals surface area contributed by atoms with E-state index in [2.05, 4.69) is 75.3 Å². The van der Waals surface area contributed by atoms with Crippen LogP contribution < -0.4 is 14.8 Å². The van der Waals surface area contributed by atoms with E-state index in [1.54, 1.807) is 7.11 Å². The van der Waals surface area contributed by atoms with Crippen LogP contribution in [0, 0.1) is 0 Å². The Kier molecular flexibility index (Phi) is 5.72. The van der Waals surface area contributed by atoms with Gasteiger partial charge < -0.3 is 14.8 Å². The fraction of sp³-hybridized carbons (Fsp3) is 0.407. The molecule has 1 aliphatic heterocycles. The van der Waals surface area contributed by atoms with Crippen molar-refractivity contribution in [1.29, 1.82) is 0 Å². The van der Waals surface area contributed by atoms with Crippen LogP contribution in [0.5, 0.6) is 17.2 Å². The van der Waals surface area contributed by atoms with E-state index in [-0.39, 0.29) is 22.7 Å². The Labute approximate surface area is 195 Å². The normalized spacial score (nSPS) is 16.2. The minimum atomic E-state index is -0.0906. The van der Waals surface area contributed by atoms with Gasteiger partial charge in [-0.3, -0.25) is 9.89 Å². The number of nitrogens with zero attached hydrogens (tertiary/aromatic N) is 1. The number of H-pyrrole nitrogens is 1. The maximum absolute atomic E-state index is 12.2. The SMILES string of the molecule is COc1cc(C2CC(=O)Nc3n[nH]cc32)ccc1Oc1cc(C(C)(C)C)cc(C(C)(C)C)c1. The highest BCUT2D eigenvalue weighted by molar-refractivity contribution is 5.94. The largest absolute Gasteiger partial charge is 0.493 e. The van der Waals surface area contributed by atoms with Crippen molar-refractivity contribution in [3.63, 3.8) is 0 Å². The van der Waals surface area contributed by atoms with Crippen molar-refractivity contribution in [2.45, 2.75) is 64.7 Å². The Bertz CT molecular complexity index is 1150. The summed E-state index contributed by atoms with van der Waals surface area (Å²) in [5.41, 5.74) is 4.39. The standard InChI is InChI=1S/C27H33N3O3/c1-26(2,3)17-11-18(27(4,5)6)13-19(12-17)33-22-9-8-16(10-23(22)32-7)20-14-24(31)29-25-21(20)15-28-30-25/h8-13,15,20H,14H2,1-7H3,(H2,28,29,30,31). The number of methoxy groups -OCH3 is 1. The first-order valence-corrected chi connectivity index (χ1v) is 11.3. The van der Waals surface area contributed by atoms with E-state index in [9.17, 15) is 4.79 Å². The van der Waals surface area contributed by atoms with Gasteiger partial charge in [-0.15, -0.1) is 0 Å². The molecule has 0 radical (unpaired) electrons. The number of hydrogen-bond donors (Lipinski definition) is 2. The number of carbonyl (C=O) groups excluding carboxylic acids is 1. The first-order chi connectivity index (χ1) is 15.5. The topological polar surface area (TPSA) is 76.2 Å². The monoisotopic (exact) mass is 447 g/mol. The second kappa shape index (κ2) is 8.25. The van der Waals surface area contributed by atoms with Crippen molar-refractivity contribution in [1.82, 2.24) is 10.2 Å². The molecule has 0 spiro atoms. The molecule has 174 valence electrons. The summed E-state index contributed by atoms with van der Waals surface area (Å²) in [6.45, 7) is 13.2. The zero-order valence-electron chi connectivity index (χ0n) is 20.5. The molecule has 1 aromatic heterocycles. The Morgan fingerprint density at radius 3 is 2.21 bits per heavy atom. The molecule has 0 fully saturated rings. The summed E-state index contributed by atoms with van der Waals surface area (Å²) < 4.78 is 12.1. The molecular formula is C27H33N3O3. The van der Waals surface area contributed by atoms with E-state index in [1.807, 2.05) is 24.4 Å². The van der Waals surface area contributed by atoms with Crippen molar-refractivity contribution in [2.75, 3.05) is 12.4 Å². The predicted octanol–water partition coefficient (Wildman–Crippen LogP) is 6.28. The van der Waals surface area contributed by atoms with E-state index in [1.165, 1.54) is 11.1 Å². The third-order valence-corrected chi connectivity index (χ3v) is 6.15. The molecule has 6 heteroatoms. The summed E-state index contributed by atoms with van der Waals surface area (Å²) in [7, 11) is 1.63. The lowest BCUT2D eigenvalue weighted by molar-refractivity contribution is -0.116. The molecule has 0 saturated heterocycles. The Morgan fingerprint density at radius 2 is 1.61 bits per heavy atom. The molecule has 2 heterocycles. The highest BCUT2D eigenvalue weighted by Crippen LogP contribution is 2.41. The summed E-state index contributed by atoms with van der Waals surface area (Å²) >= 11 is 0. The van der Waals surface area contributed by atoms with Crippen molar-refractivity contribution in [3.05, 3.63) is 64.8 Å². The third kappa shape index (κ3) is 4.75. The number of nitrogens with one attached hydrogen (secondary N) is 2. The van der Waals surface area contributed by atoms with Gasteiger partial charge in [-0.1, -0.05) is 53.7 Å². The number of ether oxygens (including phenoxy) is 2. The highest BCUT2D eigenvalue weighted by atomic mass is 16.5. The summed E-state index contributed by atoms with van der Waals surface area (Å²) in [5.74, 6) is 2.50. The van der Waals surface area contributed by atoms with Crippen LogP contribution in [0.1, 0.15) is 76.1 Å². The number of benzene rings is 2. The maximum Gasteiger partial charge on any atom is 0.226 e. The lowest BCUT2D eigenvalue weighted by atomic mass is 9.80. The zero-order chi connectivity index (χ0) is 24.0. The summed E-state index contributed by atoms with van der Waals surface area (Å²) in [6, 6.07) is 12.3. The summed E-state index contributed by atoms with van der Waals surface area (Å²) in [5, 5.41) is 9.80. The van der Waals surface area contributed by atoms with Gasteiger partial charge in [-0.05, 0) is 51.8 Å². The van der Waals surface area contributed by atoms with E-state index < -0.39 is 0 Å². The minimum Gasteiger partial charge on any atom is -0.493 e. The number of anilines is 1. The number of carbonyl (C=O) groups is 1.